The Hall–Kier alpha value is -7.43. The lowest BCUT2D eigenvalue weighted by molar-refractivity contribution is 0.210. The Balaban J connectivity index is 1.32. The molecule has 0 saturated carbocycles. The number of carbonyl (C=O) groups is 1. The average Bonchev–Trinajstić information content (AvgIpc) is 3.28. The maximum Gasteiger partial charge on any atom is 0.424 e. The van der Waals surface area contributed by atoms with Gasteiger partial charge in [-0.3, -0.25) is 0 Å². The first-order valence-electron chi connectivity index (χ1n) is 19.4. The van der Waals surface area contributed by atoms with Gasteiger partial charge in [-0.25, -0.2) is 9.69 Å². The molecule has 2 aliphatic heterocycles. The first kappa shape index (κ1) is 33.0. The topological polar surface area (TPSA) is 29.5 Å². The van der Waals surface area contributed by atoms with Crippen molar-refractivity contribution in [3.8, 4) is 61.4 Å². The highest BCUT2D eigenvalue weighted by atomic mass is 16.6. The minimum absolute atomic E-state index is 0.267. The first-order chi connectivity index (χ1) is 28.2. The van der Waals surface area contributed by atoms with Gasteiger partial charge in [0, 0.05) is 11.1 Å². The summed E-state index contributed by atoms with van der Waals surface area (Å²) in [5.74, 6) is 0.586. The van der Waals surface area contributed by atoms with Crippen LogP contribution in [0.2, 0.25) is 0 Å². The Labute approximate surface area is 332 Å². The molecule has 3 nitrogen and oxygen atoms in total. The molecule has 2 heterocycles. The molecule has 0 radical (unpaired) electrons. The molecule has 0 spiro atoms. The van der Waals surface area contributed by atoms with Crippen LogP contribution in [0.25, 0.3) is 66.4 Å². The summed E-state index contributed by atoms with van der Waals surface area (Å²) in [4.78, 5) is 16.3. The molecule has 0 unspecified atom stereocenters. The van der Waals surface area contributed by atoms with Crippen molar-refractivity contribution in [2.24, 2.45) is 0 Å². The molecule has 0 bridgehead atoms. The van der Waals surface area contributed by atoms with E-state index in [0.29, 0.717) is 5.75 Å². The van der Waals surface area contributed by atoms with E-state index >= 15 is 0 Å². The Kier molecular flexibility index (Phi) is 7.75. The molecular formula is C53H34BNO2. The fourth-order valence-corrected chi connectivity index (χ4v) is 9.05. The summed E-state index contributed by atoms with van der Waals surface area (Å²) in [7, 11) is 0. The van der Waals surface area contributed by atoms with Crippen molar-refractivity contribution in [1.82, 2.24) is 0 Å². The quantitative estimate of drug-likeness (QED) is 0.160. The van der Waals surface area contributed by atoms with Gasteiger partial charge in [0.1, 0.15) is 5.75 Å². The third-order valence-electron chi connectivity index (χ3n) is 11.6. The highest BCUT2D eigenvalue weighted by Gasteiger charge is 2.44. The van der Waals surface area contributed by atoms with Crippen molar-refractivity contribution in [3.63, 3.8) is 0 Å². The van der Waals surface area contributed by atoms with Crippen LogP contribution in [0.1, 0.15) is 0 Å². The van der Waals surface area contributed by atoms with Crippen LogP contribution in [0, 0.1) is 0 Å². The average molecular weight is 728 g/mol. The van der Waals surface area contributed by atoms with Crippen LogP contribution < -0.4 is 26.0 Å². The van der Waals surface area contributed by atoms with Gasteiger partial charge in [0.05, 0.1) is 5.69 Å². The zero-order valence-corrected chi connectivity index (χ0v) is 31.0. The smallest absolute Gasteiger partial charge is 0.409 e. The molecule has 0 aromatic heterocycles. The molecule has 2 aliphatic rings. The summed E-state index contributed by atoms with van der Waals surface area (Å²) in [6.07, 6.45) is -0.403. The van der Waals surface area contributed by atoms with Crippen molar-refractivity contribution >= 4 is 51.3 Å². The van der Waals surface area contributed by atoms with E-state index in [-0.39, 0.29) is 6.71 Å². The van der Waals surface area contributed by atoms with Gasteiger partial charge in [-0.1, -0.05) is 187 Å². The second-order valence-corrected chi connectivity index (χ2v) is 14.8. The van der Waals surface area contributed by atoms with Crippen molar-refractivity contribution in [1.29, 1.82) is 0 Å². The minimum Gasteiger partial charge on any atom is -0.409 e. The molecule has 1 amide bonds. The predicted molar refractivity (Wildman–Crippen MR) is 237 cm³/mol. The zero-order chi connectivity index (χ0) is 37.9. The number of ether oxygens (including phenoxy) is 1. The van der Waals surface area contributed by atoms with Crippen LogP contribution in [0.5, 0.6) is 5.75 Å². The van der Waals surface area contributed by atoms with Crippen molar-refractivity contribution in [3.05, 3.63) is 206 Å². The largest absolute Gasteiger partial charge is 0.424 e. The summed E-state index contributed by atoms with van der Waals surface area (Å²) in [5.41, 5.74) is 16.2. The number of anilines is 2. The minimum atomic E-state index is -0.403. The van der Waals surface area contributed by atoms with E-state index in [1.165, 1.54) is 5.46 Å². The number of fused-ring (bicyclic) bond motifs is 2. The molecule has 57 heavy (non-hydrogen) atoms. The van der Waals surface area contributed by atoms with Gasteiger partial charge in [-0.15, -0.1) is 0 Å². The number of amides is 1. The molecule has 11 rings (SSSR count). The lowest BCUT2D eigenvalue weighted by atomic mass is 9.33. The lowest BCUT2D eigenvalue weighted by Crippen LogP contribution is -2.60. The SMILES string of the molecule is O=C1Oc2cccc3ccc4c(c23)N1c1cc(-c2ccccc2)c(-c2ccccc2)cc1B4c1c(-c2ccccc2)cc(-c2ccccc2)cc1-c1ccccc1. The van der Waals surface area contributed by atoms with Crippen LogP contribution >= 0.6 is 0 Å². The summed E-state index contributed by atoms with van der Waals surface area (Å²) < 4.78 is 6.19. The number of carbonyl (C=O) groups excluding carboxylic acids is 1. The zero-order valence-electron chi connectivity index (χ0n) is 31.0. The van der Waals surface area contributed by atoms with E-state index in [1.54, 1.807) is 0 Å². The summed E-state index contributed by atoms with van der Waals surface area (Å²) in [6, 6.07) is 72.9. The number of nitrogens with zero attached hydrogens (tertiary/aromatic N) is 1. The standard InChI is InChI=1S/C53H34BNO2/c56-53-55-48-34-43(37-21-10-3-11-22-37)42(36-19-8-2-9-20-36)33-47(48)54(46-30-29-40-27-16-28-49(57-53)50(40)52(46)55)51-44(38-23-12-4-13-24-38)31-41(35-17-6-1-7-18-35)32-45(51)39-25-14-5-15-26-39/h1-34H. The number of hydrogen-bond acceptors (Lipinski definition) is 2. The number of benzene rings is 9. The molecule has 9 aromatic carbocycles. The summed E-state index contributed by atoms with van der Waals surface area (Å²) >= 11 is 0. The normalized spacial score (nSPS) is 12.7. The van der Waals surface area contributed by atoms with Gasteiger partial charge >= 0.3 is 6.09 Å². The molecule has 0 aliphatic carbocycles. The van der Waals surface area contributed by atoms with Gasteiger partial charge in [0.2, 0.25) is 6.71 Å². The van der Waals surface area contributed by atoms with Gasteiger partial charge in [-0.2, -0.15) is 0 Å². The third-order valence-corrected chi connectivity index (χ3v) is 11.6. The molecule has 0 fully saturated rings. The maximum absolute atomic E-state index is 14.5. The highest BCUT2D eigenvalue weighted by molar-refractivity contribution is 7.00. The molecule has 266 valence electrons. The Bertz CT molecular complexity index is 2930. The Morgan fingerprint density at radius 1 is 0.404 bits per heavy atom. The predicted octanol–water partition coefficient (Wildman–Crippen LogP) is 11.7. The van der Waals surface area contributed by atoms with E-state index in [1.807, 2.05) is 23.1 Å². The van der Waals surface area contributed by atoms with E-state index < -0.39 is 6.09 Å². The van der Waals surface area contributed by atoms with E-state index in [4.69, 9.17) is 4.74 Å². The van der Waals surface area contributed by atoms with Crippen LogP contribution in [0.15, 0.2) is 206 Å². The van der Waals surface area contributed by atoms with Gasteiger partial charge in [0.25, 0.3) is 0 Å². The molecule has 4 heteroatoms. The monoisotopic (exact) mass is 727 g/mol. The number of hydrogen-bond donors (Lipinski definition) is 0. The fourth-order valence-electron chi connectivity index (χ4n) is 9.05. The fraction of sp³-hybridized carbons (Fsp3) is 0. The second-order valence-electron chi connectivity index (χ2n) is 14.8. The van der Waals surface area contributed by atoms with Crippen LogP contribution in [-0.2, 0) is 0 Å². The van der Waals surface area contributed by atoms with Crippen LogP contribution in [-0.4, -0.2) is 12.8 Å². The maximum atomic E-state index is 14.5. The van der Waals surface area contributed by atoms with Gasteiger partial charge in [0.15, 0.2) is 0 Å². The van der Waals surface area contributed by atoms with Gasteiger partial charge < -0.3 is 4.74 Å². The Morgan fingerprint density at radius 3 is 1.44 bits per heavy atom. The summed E-state index contributed by atoms with van der Waals surface area (Å²) in [5, 5.41) is 1.98. The van der Waals surface area contributed by atoms with E-state index in [9.17, 15) is 4.79 Å². The van der Waals surface area contributed by atoms with Crippen molar-refractivity contribution < 1.29 is 9.53 Å². The number of rotatable bonds is 6. The van der Waals surface area contributed by atoms with Crippen molar-refractivity contribution in [2.45, 2.75) is 0 Å². The second kappa shape index (κ2) is 13.4. The molecule has 9 aromatic rings. The highest BCUT2D eigenvalue weighted by Crippen LogP contribution is 2.46. The first-order valence-corrected chi connectivity index (χ1v) is 19.4. The van der Waals surface area contributed by atoms with Crippen molar-refractivity contribution in [2.75, 3.05) is 4.90 Å². The van der Waals surface area contributed by atoms with Crippen LogP contribution in [0.3, 0.4) is 0 Å². The lowest BCUT2D eigenvalue weighted by Gasteiger charge is -2.40. The molecular weight excluding hydrogens is 693 g/mol. The third kappa shape index (κ3) is 5.41. The van der Waals surface area contributed by atoms with Crippen LogP contribution in [0.4, 0.5) is 16.2 Å². The van der Waals surface area contributed by atoms with Gasteiger partial charge in [-0.05, 0) is 96.2 Å². The summed E-state index contributed by atoms with van der Waals surface area (Å²) in [6.45, 7) is -0.267. The Morgan fingerprint density at radius 2 is 0.895 bits per heavy atom. The van der Waals surface area contributed by atoms with E-state index in [0.717, 1.165) is 88.7 Å². The van der Waals surface area contributed by atoms with E-state index in [2.05, 4.69) is 188 Å². The molecule has 0 saturated heterocycles. The molecule has 0 N–H and O–H groups in total. The molecule has 0 atom stereocenters.